The maximum absolute atomic E-state index is 13.1. The Labute approximate surface area is 177 Å². The molecule has 4 nitrogen and oxygen atoms in total. The Balaban J connectivity index is 1.70. The van der Waals surface area contributed by atoms with Crippen molar-refractivity contribution >= 4 is 23.7 Å². The molecule has 0 bridgehead atoms. The normalized spacial score (nSPS) is 22.6. The minimum atomic E-state index is -1.06. The maximum Gasteiger partial charge on any atom is 0.230 e. The van der Waals surface area contributed by atoms with Crippen LogP contribution in [0.4, 0.5) is 10.1 Å². The van der Waals surface area contributed by atoms with Gasteiger partial charge in [0.2, 0.25) is 5.91 Å². The Kier molecular flexibility index (Phi) is 6.83. The van der Waals surface area contributed by atoms with E-state index in [0.29, 0.717) is 24.4 Å². The summed E-state index contributed by atoms with van der Waals surface area (Å²) < 4.78 is 13.1. The Bertz CT molecular complexity index is 929. The molecule has 3 rings (SSSR count). The van der Waals surface area contributed by atoms with Gasteiger partial charge in [-0.2, -0.15) is 0 Å². The Morgan fingerprint density at radius 1 is 1.30 bits per heavy atom. The fourth-order valence-corrected chi connectivity index (χ4v) is 4.26. The molecule has 1 heterocycles. The van der Waals surface area contributed by atoms with Crippen LogP contribution in [-0.4, -0.2) is 21.6 Å². The van der Waals surface area contributed by atoms with E-state index in [9.17, 15) is 14.3 Å². The lowest BCUT2D eigenvalue weighted by Gasteiger charge is -2.40. The molecule has 158 valence electrons. The summed E-state index contributed by atoms with van der Waals surface area (Å²) >= 11 is 0. The summed E-state index contributed by atoms with van der Waals surface area (Å²) in [6.45, 7) is 7.60. The van der Waals surface area contributed by atoms with Crippen molar-refractivity contribution in [1.82, 2.24) is 4.98 Å². The van der Waals surface area contributed by atoms with Crippen molar-refractivity contribution in [3.8, 4) is 0 Å². The molecule has 0 spiro atoms. The average molecular weight is 409 g/mol. The van der Waals surface area contributed by atoms with Crippen LogP contribution < -0.4 is 5.32 Å². The van der Waals surface area contributed by atoms with Gasteiger partial charge < -0.3 is 10.4 Å². The third-order valence-electron chi connectivity index (χ3n) is 6.18. The second kappa shape index (κ2) is 9.35. The number of aliphatic hydroxyl groups is 1. The van der Waals surface area contributed by atoms with Crippen LogP contribution in [0, 0.1) is 11.7 Å². The molecule has 1 aliphatic rings. The smallest absolute Gasteiger partial charge is 0.230 e. The van der Waals surface area contributed by atoms with E-state index in [1.165, 1.54) is 29.8 Å². The second-order valence-electron chi connectivity index (χ2n) is 8.00. The number of rotatable bonds is 6. The van der Waals surface area contributed by atoms with E-state index in [-0.39, 0.29) is 11.7 Å². The van der Waals surface area contributed by atoms with E-state index < -0.39 is 11.5 Å². The van der Waals surface area contributed by atoms with Gasteiger partial charge in [-0.05, 0) is 80.5 Å². The van der Waals surface area contributed by atoms with Gasteiger partial charge in [0, 0.05) is 17.4 Å². The first kappa shape index (κ1) is 21.9. The van der Waals surface area contributed by atoms with E-state index in [2.05, 4.69) is 23.0 Å². The largest absolute Gasteiger partial charge is 0.389 e. The van der Waals surface area contributed by atoms with Gasteiger partial charge in [0.05, 0.1) is 17.2 Å². The maximum atomic E-state index is 13.1. The number of carbonyl (C=O) groups excluding carboxylic acids is 1. The summed E-state index contributed by atoms with van der Waals surface area (Å²) in [7, 11) is 0. The molecule has 1 fully saturated rings. The predicted octanol–water partition coefficient (Wildman–Crippen LogP) is 5.56. The highest BCUT2D eigenvalue weighted by Crippen LogP contribution is 2.43. The molecule has 1 saturated carbocycles. The summed E-state index contributed by atoms with van der Waals surface area (Å²) in [5.74, 6) is -0.883. The summed E-state index contributed by atoms with van der Waals surface area (Å²) in [5.41, 5.74) is 2.61. The van der Waals surface area contributed by atoms with Crippen molar-refractivity contribution in [2.45, 2.75) is 51.0 Å². The second-order valence-corrected chi connectivity index (χ2v) is 8.00. The number of amides is 1. The molecule has 1 aromatic heterocycles. The molecular formula is C25H29FN2O2. The van der Waals surface area contributed by atoms with Gasteiger partial charge in [-0.25, -0.2) is 4.39 Å². The minimum absolute atomic E-state index is 0.255. The molecule has 1 amide bonds. The number of allylic oxidation sites excluding steroid dienone is 1. The highest BCUT2D eigenvalue weighted by molar-refractivity contribution is 5.93. The van der Waals surface area contributed by atoms with Gasteiger partial charge in [-0.1, -0.05) is 25.7 Å². The Hall–Kier alpha value is -2.79. The van der Waals surface area contributed by atoms with Crippen LogP contribution in [0.25, 0.3) is 12.2 Å². The number of benzene rings is 1. The quantitative estimate of drug-likeness (QED) is 0.658. The first-order valence-electron chi connectivity index (χ1n) is 10.4. The number of halogens is 1. The van der Waals surface area contributed by atoms with Gasteiger partial charge in [0.25, 0.3) is 0 Å². The average Bonchev–Trinajstić information content (AvgIpc) is 2.76. The van der Waals surface area contributed by atoms with Crippen molar-refractivity contribution in [3.05, 3.63) is 71.8 Å². The topological polar surface area (TPSA) is 62.2 Å². The summed E-state index contributed by atoms with van der Waals surface area (Å²) in [4.78, 5) is 17.1. The number of pyridine rings is 1. The lowest BCUT2D eigenvalue weighted by atomic mass is 9.70. The highest BCUT2D eigenvalue weighted by atomic mass is 19.1. The van der Waals surface area contributed by atoms with Crippen molar-refractivity contribution < 1.29 is 14.3 Å². The number of nitrogens with one attached hydrogen (secondary N) is 1. The van der Waals surface area contributed by atoms with Crippen LogP contribution in [-0.2, 0) is 4.79 Å². The molecule has 1 aliphatic carbocycles. The third-order valence-corrected chi connectivity index (χ3v) is 6.18. The molecule has 1 atom stereocenters. The molecule has 0 saturated heterocycles. The zero-order valence-corrected chi connectivity index (χ0v) is 17.6. The zero-order chi connectivity index (χ0) is 21.7. The number of aromatic nitrogens is 1. The first-order chi connectivity index (χ1) is 14.4. The van der Waals surface area contributed by atoms with Gasteiger partial charge in [0.15, 0.2) is 0 Å². The standard InChI is InChI=1S/C25H29FN2O2/c1-4-6-22-21(13-16-27-23(22)5-2)18-11-14-25(30,15-12-18)17(3)24(29)28-20-9-7-19(26)8-10-20/h4-10,13,16-18,30H,2,11-12,14-15H2,1,3H3,(H,28,29)/b6-4-. The molecule has 5 heteroatoms. The number of hydrogen-bond donors (Lipinski definition) is 2. The number of carbonyl (C=O) groups is 1. The van der Waals surface area contributed by atoms with E-state index in [4.69, 9.17) is 0 Å². The number of anilines is 1. The Morgan fingerprint density at radius 2 is 1.97 bits per heavy atom. The van der Waals surface area contributed by atoms with Crippen LogP contribution in [0.5, 0.6) is 0 Å². The molecule has 0 aliphatic heterocycles. The van der Waals surface area contributed by atoms with Crippen molar-refractivity contribution in [3.63, 3.8) is 0 Å². The van der Waals surface area contributed by atoms with E-state index in [0.717, 1.165) is 24.1 Å². The SMILES string of the molecule is C=Cc1nccc(C2CCC(O)(C(C)C(=O)Nc3ccc(F)cc3)CC2)c1/C=C\C. The van der Waals surface area contributed by atoms with Crippen LogP contribution in [0.1, 0.15) is 62.3 Å². The third kappa shape index (κ3) is 4.68. The van der Waals surface area contributed by atoms with E-state index >= 15 is 0 Å². The van der Waals surface area contributed by atoms with Crippen LogP contribution in [0.15, 0.2) is 49.2 Å². The van der Waals surface area contributed by atoms with Crippen LogP contribution >= 0.6 is 0 Å². The van der Waals surface area contributed by atoms with Crippen LogP contribution in [0.3, 0.4) is 0 Å². The molecule has 2 aromatic rings. The lowest BCUT2D eigenvalue weighted by molar-refractivity contribution is -0.131. The van der Waals surface area contributed by atoms with E-state index in [1.54, 1.807) is 19.2 Å². The number of nitrogens with zero attached hydrogens (tertiary/aromatic N) is 1. The number of hydrogen-bond acceptors (Lipinski definition) is 3. The molecule has 0 radical (unpaired) electrons. The van der Waals surface area contributed by atoms with Gasteiger partial charge in [-0.3, -0.25) is 9.78 Å². The minimum Gasteiger partial charge on any atom is -0.389 e. The predicted molar refractivity (Wildman–Crippen MR) is 119 cm³/mol. The zero-order valence-electron chi connectivity index (χ0n) is 17.6. The van der Waals surface area contributed by atoms with Crippen molar-refractivity contribution in [2.24, 2.45) is 5.92 Å². The molecule has 1 unspecified atom stereocenters. The summed E-state index contributed by atoms with van der Waals surface area (Å²) in [6.07, 6.45) is 10.3. The first-order valence-corrected chi connectivity index (χ1v) is 10.4. The van der Waals surface area contributed by atoms with E-state index in [1.807, 2.05) is 19.1 Å². The van der Waals surface area contributed by atoms with Gasteiger partial charge in [-0.15, -0.1) is 0 Å². The Morgan fingerprint density at radius 3 is 2.57 bits per heavy atom. The van der Waals surface area contributed by atoms with Crippen LogP contribution in [0.2, 0.25) is 0 Å². The molecule has 30 heavy (non-hydrogen) atoms. The fourth-order valence-electron chi connectivity index (χ4n) is 4.26. The van der Waals surface area contributed by atoms with Gasteiger partial charge in [0.1, 0.15) is 5.82 Å². The fraction of sp³-hybridized carbons (Fsp3) is 0.360. The summed E-state index contributed by atoms with van der Waals surface area (Å²) in [5, 5.41) is 14.0. The lowest BCUT2D eigenvalue weighted by Crippen LogP contribution is -2.45. The molecule has 2 N–H and O–H groups in total. The van der Waals surface area contributed by atoms with Gasteiger partial charge >= 0.3 is 0 Å². The molecular weight excluding hydrogens is 379 g/mol. The highest BCUT2D eigenvalue weighted by Gasteiger charge is 2.42. The van der Waals surface area contributed by atoms with Crippen molar-refractivity contribution in [1.29, 1.82) is 0 Å². The summed E-state index contributed by atoms with van der Waals surface area (Å²) in [6, 6.07) is 7.68. The molecule has 1 aromatic carbocycles. The van der Waals surface area contributed by atoms with Crippen molar-refractivity contribution in [2.75, 3.05) is 5.32 Å². The monoisotopic (exact) mass is 408 g/mol.